The van der Waals surface area contributed by atoms with Crippen LogP contribution in [0.1, 0.15) is 62.9 Å². The van der Waals surface area contributed by atoms with E-state index in [2.05, 4.69) is 28.1 Å². The van der Waals surface area contributed by atoms with Crippen molar-refractivity contribution in [1.29, 1.82) is 0 Å². The van der Waals surface area contributed by atoms with Crippen LogP contribution in [0.25, 0.3) is 10.9 Å². The largest absolute Gasteiger partial charge is 0.348 e. The molecule has 0 spiro atoms. The molecular weight excluding hydrogens is 440 g/mol. The SMILES string of the molecule is CCCCn1nc(C(=O)NC2C[C@H]3CC[C@@H](C2)N3CCN2CCN(C(C)=O)CC2)c2ccccc21. The van der Waals surface area contributed by atoms with Gasteiger partial charge < -0.3 is 10.2 Å². The van der Waals surface area contributed by atoms with E-state index in [9.17, 15) is 9.59 Å². The summed E-state index contributed by atoms with van der Waals surface area (Å²) >= 11 is 0. The van der Waals surface area contributed by atoms with Gasteiger partial charge in [0, 0.05) is 76.2 Å². The molecule has 3 atom stereocenters. The maximum atomic E-state index is 13.3. The molecule has 1 aromatic carbocycles. The lowest BCUT2D eigenvalue weighted by Crippen LogP contribution is -2.54. The van der Waals surface area contributed by atoms with Gasteiger partial charge in [-0.2, -0.15) is 5.10 Å². The van der Waals surface area contributed by atoms with E-state index in [4.69, 9.17) is 5.10 Å². The lowest BCUT2D eigenvalue weighted by Gasteiger charge is -2.41. The van der Waals surface area contributed by atoms with Crippen LogP contribution >= 0.6 is 0 Å². The van der Waals surface area contributed by atoms with Gasteiger partial charge in [-0.15, -0.1) is 0 Å². The number of piperidine rings is 1. The number of aromatic nitrogens is 2. The van der Waals surface area contributed by atoms with E-state index >= 15 is 0 Å². The number of carbonyl (C=O) groups excluding carboxylic acids is 2. The van der Waals surface area contributed by atoms with Crippen molar-refractivity contribution >= 4 is 22.7 Å². The standard InChI is InChI=1S/C27H40N6O2/c1-3-4-11-33-25-8-6-5-7-24(25)26(29-33)27(35)28-21-18-22-9-10-23(19-21)32(22)17-14-30-12-15-31(16-13-30)20(2)34/h5-8,21-23H,3-4,9-19H2,1-2H3,(H,28,35)/t21?,22-,23+. The summed E-state index contributed by atoms with van der Waals surface area (Å²) in [6.45, 7) is 10.5. The Labute approximate surface area is 208 Å². The molecule has 1 unspecified atom stereocenters. The third-order valence-corrected chi connectivity index (χ3v) is 8.31. The molecule has 4 heterocycles. The van der Waals surface area contributed by atoms with Gasteiger partial charge in [0.2, 0.25) is 5.91 Å². The molecule has 2 bridgehead atoms. The van der Waals surface area contributed by atoms with Crippen LogP contribution in [0.5, 0.6) is 0 Å². The minimum absolute atomic E-state index is 0.0300. The molecule has 3 fully saturated rings. The number of carbonyl (C=O) groups is 2. The number of hydrogen-bond donors (Lipinski definition) is 1. The minimum Gasteiger partial charge on any atom is -0.348 e. The number of para-hydroxylation sites is 1. The maximum absolute atomic E-state index is 13.3. The molecule has 190 valence electrons. The summed E-state index contributed by atoms with van der Waals surface area (Å²) in [4.78, 5) is 32.0. The molecule has 3 aliphatic rings. The van der Waals surface area contributed by atoms with Crippen LogP contribution in [-0.2, 0) is 11.3 Å². The van der Waals surface area contributed by atoms with Crippen molar-refractivity contribution in [3.8, 4) is 0 Å². The molecule has 2 amide bonds. The highest BCUT2D eigenvalue weighted by Crippen LogP contribution is 2.35. The fourth-order valence-corrected chi connectivity index (χ4v) is 6.33. The van der Waals surface area contributed by atoms with Crippen LogP contribution in [0, 0.1) is 0 Å². The Bertz CT molecular complexity index is 1030. The highest BCUT2D eigenvalue weighted by molar-refractivity contribution is 6.05. The summed E-state index contributed by atoms with van der Waals surface area (Å²) in [6.07, 6.45) is 6.66. The van der Waals surface area contributed by atoms with Gasteiger partial charge in [-0.1, -0.05) is 31.5 Å². The van der Waals surface area contributed by atoms with Gasteiger partial charge in [0.05, 0.1) is 5.52 Å². The number of hydrogen-bond acceptors (Lipinski definition) is 5. The van der Waals surface area contributed by atoms with Crippen LogP contribution in [0.2, 0.25) is 0 Å². The predicted molar refractivity (Wildman–Crippen MR) is 137 cm³/mol. The number of nitrogens with zero attached hydrogens (tertiary/aromatic N) is 5. The Morgan fingerprint density at radius 1 is 1.00 bits per heavy atom. The van der Waals surface area contributed by atoms with E-state index in [-0.39, 0.29) is 17.9 Å². The quantitative estimate of drug-likeness (QED) is 0.629. The lowest BCUT2D eigenvalue weighted by molar-refractivity contribution is -0.130. The Hall–Kier alpha value is -2.45. The monoisotopic (exact) mass is 480 g/mol. The van der Waals surface area contributed by atoms with Gasteiger partial charge in [0.15, 0.2) is 5.69 Å². The van der Waals surface area contributed by atoms with Gasteiger partial charge in [-0.25, -0.2) is 0 Å². The predicted octanol–water partition coefficient (Wildman–Crippen LogP) is 2.73. The average Bonchev–Trinajstić information content (AvgIpc) is 3.35. The number of amides is 2. The van der Waals surface area contributed by atoms with Crippen molar-refractivity contribution < 1.29 is 9.59 Å². The topological polar surface area (TPSA) is 73.7 Å². The second-order valence-electron chi connectivity index (χ2n) is 10.6. The Balaban J connectivity index is 1.16. The lowest BCUT2D eigenvalue weighted by atomic mass is 9.97. The van der Waals surface area contributed by atoms with Gasteiger partial charge in [-0.3, -0.25) is 24.1 Å². The highest BCUT2D eigenvalue weighted by atomic mass is 16.2. The Kier molecular flexibility index (Phi) is 7.39. The zero-order chi connectivity index (χ0) is 24.4. The van der Waals surface area contributed by atoms with Crippen molar-refractivity contribution in [2.24, 2.45) is 0 Å². The summed E-state index contributed by atoms with van der Waals surface area (Å²) in [6, 6.07) is 9.41. The number of aryl methyl sites for hydroxylation is 1. The van der Waals surface area contributed by atoms with E-state index < -0.39 is 0 Å². The van der Waals surface area contributed by atoms with Gasteiger partial charge in [-0.05, 0) is 38.2 Å². The highest BCUT2D eigenvalue weighted by Gasteiger charge is 2.41. The van der Waals surface area contributed by atoms with Crippen LogP contribution in [-0.4, -0.2) is 93.7 Å². The summed E-state index contributed by atoms with van der Waals surface area (Å²) < 4.78 is 2.00. The van der Waals surface area contributed by atoms with Crippen molar-refractivity contribution in [1.82, 2.24) is 29.8 Å². The summed E-state index contributed by atoms with van der Waals surface area (Å²) in [5.74, 6) is 0.158. The fraction of sp³-hybridized carbons (Fsp3) is 0.667. The maximum Gasteiger partial charge on any atom is 0.272 e. The molecule has 0 radical (unpaired) electrons. The first-order valence-electron chi connectivity index (χ1n) is 13.5. The first-order valence-corrected chi connectivity index (χ1v) is 13.5. The number of benzene rings is 1. The second-order valence-corrected chi connectivity index (χ2v) is 10.6. The summed E-state index contributed by atoms with van der Waals surface area (Å²) in [5, 5.41) is 9.02. The van der Waals surface area contributed by atoms with Crippen molar-refractivity contribution in [2.75, 3.05) is 39.3 Å². The number of fused-ring (bicyclic) bond motifs is 3. The first kappa shape index (κ1) is 24.3. The molecule has 3 saturated heterocycles. The molecule has 0 aliphatic carbocycles. The summed E-state index contributed by atoms with van der Waals surface area (Å²) in [5.41, 5.74) is 1.61. The van der Waals surface area contributed by atoms with E-state index in [1.54, 1.807) is 6.92 Å². The van der Waals surface area contributed by atoms with Crippen molar-refractivity contribution in [3.63, 3.8) is 0 Å². The third-order valence-electron chi connectivity index (χ3n) is 8.31. The van der Waals surface area contributed by atoms with Crippen LogP contribution in [0.4, 0.5) is 0 Å². The first-order chi connectivity index (χ1) is 17.0. The number of unbranched alkanes of at least 4 members (excludes halogenated alkanes) is 1. The fourth-order valence-electron chi connectivity index (χ4n) is 6.33. The van der Waals surface area contributed by atoms with Crippen molar-refractivity contribution in [3.05, 3.63) is 30.0 Å². The number of rotatable bonds is 8. The molecule has 1 aromatic heterocycles. The average molecular weight is 481 g/mol. The third kappa shape index (κ3) is 5.23. The van der Waals surface area contributed by atoms with E-state index in [0.717, 1.165) is 82.4 Å². The van der Waals surface area contributed by atoms with Gasteiger partial charge >= 0.3 is 0 Å². The molecule has 1 N–H and O–H groups in total. The van der Waals surface area contributed by atoms with E-state index in [1.165, 1.54) is 12.8 Å². The molecule has 8 heteroatoms. The van der Waals surface area contributed by atoms with E-state index in [0.29, 0.717) is 17.8 Å². The van der Waals surface area contributed by atoms with Crippen molar-refractivity contribution in [2.45, 2.75) is 77.0 Å². The normalized spacial score (nSPS) is 25.3. The molecule has 0 saturated carbocycles. The smallest absolute Gasteiger partial charge is 0.272 e. The molecule has 5 rings (SSSR count). The van der Waals surface area contributed by atoms with Gasteiger partial charge in [0.1, 0.15) is 0 Å². The zero-order valence-electron chi connectivity index (χ0n) is 21.3. The molecule has 35 heavy (non-hydrogen) atoms. The zero-order valence-corrected chi connectivity index (χ0v) is 21.3. The van der Waals surface area contributed by atoms with E-state index in [1.807, 2.05) is 27.8 Å². The number of nitrogens with one attached hydrogen (secondary N) is 1. The van der Waals surface area contributed by atoms with Crippen LogP contribution in [0.15, 0.2) is 24.3 Å². The summed E-state index contributed by atoms with van der Waals surface area (Å²) in [7, 11) is 0. The number of piperazine rings is 1. The Morgan fingerprint density at radius 2 is 1.71 bits per heavy atom. The molecule has 2 aromatic rings. The minimum atomic E-state index is -0.0300. The van der Waals surface area contributed by atoms with Gasteiger partial charge in [0.25, 0.3) is 5.91 Å². The Morgan fingerprint density at radius 3 is 2.40 bits per heavy atom. The van der Waals surface area contributed by atoms with Crippen LogP contribution < -0.4 is 5.32 Å². The second kappa shape index (κ2) is 10.7. The van der Waals surface area contributed by atoms with Crippen LogP contribution in [0.3, 0.4) is 0 Å². The molecular formula is C27H40N6O2. The molecule has 8 nitrogen and oxygen atoms in total. The molecule has 3 aliphatic heterocycles.